The molecule has 3 aliphatic heterocycles. The Bertz CT molecular complexity index is 2360. The van der Waals surface area contributed by atoms with Gasteiger partial charge >= 0.3 is 0 Å². The number of nitrogens with one attached hydrogen (secondary N) is 1. The van der Waals surface area contributed by atoms with E-state index in [4.69, 9.17) is 0 Å². The molecule has 305 valence electrons. The number of unbranched alkanes of at least 4 members (excludes halogenated alkanes) is 1. The Morgan fingerprint density at radius 2 is 1.12 bits per heavy atom. The van der Waals surface area contributed by atoms with Crippen LogP contribution < -0.4 is 29.7 Å². The molecule has 6 aromatic carbocycles. The minimum atomic E-state index is 0. The first-order valence-electron chi connectivity index (χ1n) is 20.1. The van der Waals surface area contributed by atoms with Crippen molar-refractivity contribution in [1.82, 2.24) is 20.4 Å². The largest absolute Gasteiger partial charge is 0.501 e. The van der Waals surface area contributed by atoms with Gasteiger partial charge in [-0.2, -0.15) is 78.7 Å². The van der Waals surface area contributed by atoms with Gasteiger partial charge in [0.1, 0.15) is 6.54 Å². The van der Waals surface area contributed by atoms with Gasteiger partial charge in [-0.3, -0.25) is 5.10 Å². The van der Waals surface area contributed by atoms with E-state index in [1.165, 1.54) is 33.9 Å². The molecule has 0 aliphatic carbocycles. The van der Waals surface area contributed by atoms with Crippen molar-refractivity contribution in [2.24, 2.45) is 12.1 Å². The number of aromatic nitrogens is 3. The summed E-state index contributed by atoms with van der Waals surface area (Å²) in [7, 11) is 1.93. The molecule has 0 amide bonds. The topological polar surface area (TPSA) is 62.3 Å². The van der Waals surface area contributed by atoms with Gasteiger partial charge < -0.3 is 19.6 Å². The minimum absolute atomic E-state index is 0. The number of benzene rings is 6. The first kappa shape index (κ1) is 40.5. The van der Waals surface area contributed by atoms with Gasteiger partial charge in [0.2, 0.25) is 0 Å². The number of fused-ring (bicyclic) bond motifs is 2. The molecule has 0 atom stereocenters. The van der Waals surface area contributed by atoms with Gasteiger partial charge in [0, 0.05) is 54.7 Å². The summed E-state index contributed by atoms with van der Waals surface area (Å²) in [4.78, 5) is 9.19. The Labute approximate surface area is 366 Å². The second-order valence-electron chi connectivity index (χ2n) is 14.6. The third-order valence-corrected chi connectivity index (χ3v) is 10.5. The Balaban J connectivity index is 0.000000171. The van der Waals surface area contributed by atoms with Crippen molar-refractivity contribution in [3.8, 4) is 0 Å². The fourth-order valence-corrected chi connectivity index (χ4v) is 7.58. The number of hydrogen-bond donors (Lipinski definition) is 1. The number of hydrogen-bond acceptors (Lipinski definition) is 8. The van der Waals surface area contributed by atoms with E-state index in [0.717, 1.165) is 55.3 Å². The van der Waals surface area contributed by atoms with Crippen LogP contribution in [-0.4, -0.2) is 40.4 Å². The van der Waals surface area contributed by atoms with Gasteiger partial charge in [-0.25, -0.2) is 15.2 Å². The first-order chi connectivity index (χ1) is 29.2. The number of hydrazone groups is 1. The minimum Gasteiger partial charge on any atom is -0.501 e. The first-order valence-corrected chi connectivity index (χ1v) is 20.1. The van der Waals surface area contributed by atoms with Gasteiger partial charge in [-0.1, -0.05) is 84.9 Å². The van der Waals surface area contributed by atoms with E-state index in [1.807, 2.05) is 82.2 Å². The molecule has 1 aromatic heterocycles. The number of rotatable bonds is 12. The maximum absolute atomic E-state index is 4.67. The van der Waals surface area contributed by atoms with Gasteiger partial charge in [0.05, 0.1) is 18.8 Å². The Morgan fingerprint density at radius 1 is 0.617 bits per heavy atom. The molecule has 3 aliphatic rings. The van der Waals surface area contributed by atoms with Crippen molar-refractivity contribution in [1.29, 1.82) is 0 Å². The van der Waals surface area contributed by atoms with Crippen molar-refractivity contribution in [3.63, 3.8) is 0 Å². The summed E-state index contributed by atoms with van der Waals surface area (Å²) in [5.41, 5.74) is 14.6. The van der Waals surface area contributed by atoms with E-state index in [-0.39, 0.29) is 20.1 Å². The van der Waals surface area contributed by atoms with Crippen LogP contribution in [0.1, 0.15) is 29.7 Å². The number of anilines is 6. The van der Waals surface area contributed by atoms with Gasteiger partial charge in [0.25, 0.3) is 0 Å². The van der Waals surface area contributed by atoms with Crippen molar-refractivity contribution in [2.75, 3.05) is 39.2 Å². The molecule has 60 heavy (non-hydrogen) atoms. The maximum Gasteiger partial charge on any atom is 0.118 e. The van der Waals surface area contributed by atoms with Gasteiger partial charge in [-0.15, -0.1) is 11.4 Å². The third-order valence-electron chi connectivity index (χ3n) is 10.5. The molecule has 0 saturated heterocycles. The van der Waals surface area contributed by atoms with E-state index in [9.17, 15) is 0 Å². The summed E-state index contributed by atoms with van der Waals surface area (Å²) in [5, 5.41) is 11.0. The van der Waals surface area contributed by atoms with Crippen LogP contribution in [0.3, 0.4) is 0 Å². The molecular formula is C49H46IrN10-4. The normalized spacial score (nSPS) is 14.0. The van der Waals surface area contributed by atoms with Crippen molar-refractivity contribution in [2.45, 2.75) is 25.9 Å². The smallest absolute Gasteiger partial charge is 0.118 e. The standard InChI is InChI=1S/C30H26N4.C19H20N6.Ir/c1-3-13-25(14-4-1)33-23-31(27-17-7-9-19-29(27)33)21-11-12-22-32-24-34(26-15-5-2-6-16-26)30-20-10-8-18-28(30)32;1-23-19(15-24(22-23)13-16-8-4-2-5-9-16)18-12-20-25(21-18)14-17-10-6-3-7-11-17;/h1-10,13,15,17-20,23-24H,11-12,21-22H2;2-11,20H,12-14H2,1H3;/q-4;;. The van der Waals surface area contributed by atoms with E-state index in [1.54, 1.807) is 0 Å². The Morgan fingerprint density at radius 3 is 1.65 bits per heavy atom. The fraction of sp³-hybridized carbons (Fsp3) is 0.163. The van der Waals surface area contributed by atoms with Crippen molar-refractivity contribution >= 4 is 39.8 Å². The fourth-order valence-electron chi connectivity index (χ4n) is 7.58. The van der Waals surface area contributed by atoms with Gasteiger partial charge in [0.15, 0.2) is 0 Å². The van der Waals surface area contributed by atoms with E-state index < -0.39 is 0 Å². The molecule has 1 radical (unpaired) electrons. The summed E-state index contributed by atoms with van der Waals surface area (Å²) in [6, 6.07) is 60.7. The summed E-state index contributed by atoms with van der Waals surface area (Å²) >= 11 is 0. The molecule has 1 N–H and O–H groups in total. The molecule has 0 unspecified atom stereocenters. The Kier molecular flexibility index (Phi) is 13.0. The van der Waals surface area contributed by atoms with Crippen LogP contribution in [0, 0.1) is 31.7 Å². The predicted octanol–water partition coefficient (Wildman–Crippen LogP) is 8.20. The summed E-state index contributed by atoms with van der Waals surface area (Å²) < 4.78 is 3.66. The zero-order chi connectivity index (χ0) is 39.8. The summed E-state index contributed by atoms with van der Waals surface area (Å²) in [5.74, 6) is 0. The number of para-hydroxylation sites is 6. The van der Waals surface area contributed by atoms with E-state index >= 15 is 0 Å². The molecule has 11 heteroatoms. The monoisotopic (exact) mass is 967 g/mol. The summed E-state index contributed by atoms with van der Waals surface area (Å²) in [6.45, 7) is 8.48. The molecule has 0 bridgehead atoms. The molecule has 10 nitrogen and oxygen atoms in total. The molecule has 7 aromatic rings. The van der Waals surface area contributed by atoms with Crippen LogP contribution in [0.4, 0.5) is 34.1 Å². The van der Waals surface area contributed by atoms with Crippen LogP contribution in [-0.2, 0) is 40.2 Å². The SMILES string of the molecule is Cn1n[n+](Cc2ccccc2)[c-]c1C1=NN(Cc2ccccc2)NC1.[Ir].[c-]1ccccc1N1[CH-]N(CCCCN2[CH-]N(c3[c-]cccc3)c3ccccc32)c2ccccc21. The van der Waals surface area contributed by atoms with Crippen LogP contribution in [0.15, 0.2) is 163 Å². The zero-order valence-electron chi connectivity index (χ0n) is 33.5. The average molecular weight is 967 g/mol. The molecule has 10 rings (SSSR count). The van der Waals surface area contributed by atoms with E-state index in [2.05, 4.69) is 164 Å². The van der Waals surface area contributed by atoms with Crippen LogP contribution in [0.25, 0.3) is 0 Å². The average Bonchev–Trinajstić information content (AvgIpc) is 4.09. The van der Waals surface area contributed by atoms with Crippen molar-refractivity contribution in [3.05, 3.63) is 206 Å². The quantitative estimate of drug-likeness (QED) is 0.0754. The second kappa shape index (κ2) is 19.2. The maximum atomic E-state index is 4.67. The number of aryl methyl sites for hydroxylation is 1. The molecular weight excluding hydrogens is 921 g/mol. The molecule has 0 fully saturated rings. The molecule has 4 heterocycles. The Hall–Kier alpha value is -6.26. The van der Waals surface area contributed by atoms with E-state index in [0.29, 0.717) is 13.1 Å². The van der Waals surface area contributed by atoms with Crippen molar-refractivity contribution < 1.29 is 24.8 Å². The number of hydrazine groups is 1. The number of nitrogens with zero attached hydrogens (tertiary/aromatic N) is 9. The van der Waals surface area contributed by atoms with Crippen LogP contribution >= 0.6 is 0 Å². The second-order valence-corrected chi connectivity index (χ2v) is 14.6. The van der Waals surface area contributed by atoms with Gasteiger partial charge in [-0.05, 0) is 73.6 Å². The third kappa shape index (κ3) is 9.29. The zero-order valence-corrected chi connectivity index (χ0v) is 35.9. The van der Waals surface area contributed by atoms with Crippen LogP contribution in [0.5, 0.6) is 0 Å². The summed E-state index contributed by atoms with van der Waals surface area (Å²) in [6.07, 6.45) is 5.52. The molecule has 0 spiro atoms. The molecule has 0 saturated carbocycles. The van der Waals surface area contributed by atoms with Crippen LogP contribution in [0.2, 0.25) is 0 Å². The predicted molar refractivity (Wildman–Crippen MR) is 235 cm³/mol.